The molecule has 0 N–H and O–H groups in total. The van der Waals surface area contributed by atoms with Crippen LogP contribution in [0.1, 0.15) is 34.6 Å². The minimum Gasteiger partial charge on any atom is -0.238 e. The van der Waals surface area contributed by atoms with Gasteiger partial charge in [0.1, 0.15) is 11.0 Å². The standard InChI is InChI=1S/C10H17ClN2/c1-7(2)12-9(10(4,5)6)13-8(3)11/h1H2,2-6H3. The van der Waals surface area contributed by atoms with Crippen molar-refractivity contribution in [3.8, 4) is 0 Å². The fraction of sp³-hybridized carbons (Fsp3) is 0.600. The Morgan fingerprint density at radius 2 is 1.62 bits per heavy atom. The van der Waals surface area contributed by atoms with Gasteiger partial charge in [-0.25, -0.2) is 9.98 Å². The van der Waals surface area contributed by atoms with Gasteiger partial charge < -0.3 is 0 Å². The minimum atomic E-state index is -0.102. The van der Waals surface area contributed by atoms with E-state index in [1.165, 1.54) is 0 Å². The van der Waals surface area contributed by atoms with Crippen molar-refractivity contribution in [1.82, 2.24) is 0 Å². The van der Waals surface area contributed by atoms with Crippen LogP contribution in [-0.2, 0) is 0 Å². The van der Waals surface area contributed by atoms with Crippen molar-refractivity contribution < 1.29 is 0 Å². The second kappa shape index (κ2) is 4.56. The summed E-state index contributed by atoms with van der Waals surface area (Å²) in [7, 11) is 0. The number of nitrogens with zero attached hydrogens (tertiary/aromatic N) is 2. The zero-order chi connectivity index (χ0) is 10.6. The van der Waals surface area contributed by atoms with E-state index in [0.717, 1.165) is 5.70 Å². The third-order valence-electron chi connectivity index (χ3n) is 1.23. The topological polar surface area (TPSA) is 24.7 Å². The number of rotatable bonds is 1. The molecule has 74 valence electrons. The van der Waals surface area contributed by atoms with Gasteiger partial charge in [-0.3, -0.25) is 0 Å². The highest BCUT2D eigenvalue weighted by Gasteiger charge is 2.18. The zero-order valence-corrected chi connectivity index (χ0v) is 9.74. The van der Waals surface area contributed by atoms with Crippen LogP contribution >= 0.6 is 11.6 Å². The Kier molecular flexibility index (Phi) is 4.34. The van der Waals surface area contributed by atoms with Gasteiger partial charge in [0, 0.05) is 11.1 Å². The second-order valence-electron chi connectivity index (χ2n) is 4.03. The van der Waals surface area contributed by atoms with Gasteiger partial charge in [-0.05, 0) is 13.8 Å². The molecule has 0 atom stereocenters. The lowest BCUT2D eigenvalue weighted by Crippen LogP contribution is -2.19. The van der Waals surface area contributed by atoms with Gasteiger partial charge in [0.25, 0.3) is 0 Å². The van der Waals surface area contributed by atoms with Crippen molar-refractivity contribution in [3.63, 3.8) is 0 Å². The van der Waals surface area contributed by atoms with Crippen LogP contribution in [0.3, 0.4) is 0 Å². The van der Waals surface area contributed by atoms with E-state index in [4.69, 9.17) is 11.6 Å². The summed E-state index contributed by atoms with van der Waals surface area (Å²) in [6.07, 6.45) is 0. The molecule has 0 saturated heterocycles. The monoisotopic (exact) mass is 200 g/mol. The van der Waals surface area contributed by atoms with Crippen LogP contribution in [-0.4, -0.2) is 11.0 Å². The molecule has 0 fully saturated rings. The van der Waals surface area contributed by atoms with Crippen LogP contribution in [0.25, 0.3) is 0 Å². The Bertz CT molecular complexity index is 253. The lowest BCUT2D eigenvalue weighted by molar-refractivity contribution is 0.584. The van der Waals surface area contributed by atoms with E-state index in [2.05, 4.69) is 16.6 Å². The molecule has 0 bridgehead atoms. The van der Waals surface area contributed by atoms with Gasteiger partial charge in [-0.15, -0.1) is 0 Å². The molecule has 0 aromatic rings. The SMILES string of the molecule is C=C(C)N=C(N=C(C)Cl)C(C)(C)C. The van der Waals surface area contributed by atoms with E-state index >= 15 is 0 Å². The maximum Gasteiger partial charge on any atom is 0.135 e. The molecule has 0 aromatic carbocycles. The predicted molar refractivity (Wildman–Crippen MR) is 60.7 cm³/mol. The lowest BCUT2D eigenvalue weighted by Gasteiger charge is -2.17. The largest absolute Gasteiger partial charge is 0.238 e. The summed E-state index contributed by atoms with van der Waals surface area (Å²) in [5.74, 6) is 0.715. The third kappa shape index (κ3) is 5.58. The van der Waals surface area contributed by atoms with Crippen LogP contribution in [0.4, 0.5) is 0 Å². The summed E-state index contributed by atoms with van der Waals surface area (Å²) in [4.78, 5) is 8.40. The first-order chi connectivity index (χ1) is 5.73. The van der Waals surface area contributed by atoms with E-state index in [1.807, 2.05) is 27.7 Å². The molecule has 3 heteroatoms. The molecular weight excluding hydrogens is 184 g/mol. The van der Waals surface area contributed by atoms with Crippen molar-refractivity contribution in [1.29, 1.82) is 0 Å². The number of allylic oxidation sites excluding steroid dienone is 1. The molecule has 0 heterocycles. The fourth-order valence-electron chi connectivity index (χ4n) is 0.687. The quantitative estimate of drug-likeness (QED) is 0.456. The van der Waals surface area contributed by atoms with Gasteiger partial charge in [-0.1, -0.05) is 39.0 Å². The lowest BCUT2D eigenvalue weighted by atomic mass is 9.95. The number of amidine groups is 1. The first-order valence-corrected chi connectivity index (χ1v) is 4.56. The molecule has 0 radical (unpaired) electrons. The molecule has 0 aromatic heterocycles. The molecule has 0 aliphatic heterocycles. The fourth-order valence-corrected chi connectivity index (χ4v) is 0.767. The summed E-state index contributed by atoms with van der Waals surface area (Å²) < 4.78 is 0. The third-order valence-corrected chi connectivity index (χ3v) is 1.31. The molecule has 0 unspecified atom stereocenters. The Morgan fingerprint density at radius 3 is 1.85 bits per heavy atom. The molecule has 0 spiro atoms. The predicted octanol–water partition coefficient (Wildman–Crippen LogP) is 3.62. The summed E-state index contributed by atoms with van der Waals surface area (Å²) in [5.41, 5.74) is 0.640. The van der Waals surface area contributed by atoms with Crippen molar-refractivity contribution in [2.75, 3.05) is 0 Å². The smallest absolute Gasteiger partial charge is 0.135 e. The van der Waals surface area contributed by atoms with Gasteiger partial charge in [0.2, 0.25) is 0 Å². The van der Waals surface area contributed by atoms with E-state index in [9.17, 15) is 0 Å². The highest BCUT2D eigenvalue weighted by molar-refractivity contribution is 6.65. The molecule has 0 aliphatic carbocycles. The molecule has 13 heavy (non-hydrogen) atoms. The number of aliphatic imine (C=N–C) groups is 2. The highest BCUT2D eigenvalue weighted by Crippen LogP contribution is 2.18. The molecule has 2 nitrogen and oxygen atoms in total. The van der Waals surface area contributed by atoms with Crippen LogP contribution in [0, 0.1) is 5.41 Å². The average Bonchev–Trinajstić information content (AvgIpc) is 1.81. The summed E-state index contributed by atoms with van der Waals surface area (Å²) in [6.45, 7) is 13.4. The molecule has 0 rings (SSSR count). The van der Waals surface area contributed by atoms with Gasteiger partial charge in [0.05, 0.1) is 0 Å². The van der Waals surface area contributed by atoms with E-state index in [1.54, 1.807) is 6.92 Å². The second-order valence-corrected chi connectivity index (χ2v) is 4.58. The zero-order valence-electron chi connectivity index (χ0n) is 8.98. The maximum absolute atomic E-state index is 5.70. The first kappa shape index (κ1) is 12.4. The maximum atomic E-state index is 5.70. The van der Waals surface area contributed by atoms with Crippen LogP contribution in [0.2, 0.25) is 0 Å². The van der Waals surface area contributed by atoms with E-state index in [-0.39, 0.29) is 5.41 Å². The molecular formula is C10H17ClN2. The van der Waals surface area contributed by atoms with Crippen molar-refractivity contribution in [3.05, 3.63) is 12.3 Å². The van der Waals surface area contributed by atoms with Gasteiger partial charge in [0.15, 0.2) is 0 Å². The van der Waals surface area contributed by atoms with Gasteiger partial charge >= 0.3 is 0 Å². The first-order valence-electron chi connectivity index (χ1n) is 4.19. The normalized spacial score (nSPS) is 14.6. The summed E-state index contributed by atoms with van der Waals surface area (Å²) >= 11 is 5.70. The van der Waals surface area contributed by atoms with Crippen molar-refractivity contribution in [2.24, 2.45) is 15.4 Å². The Morgan fingerprint density at radius 1 is 1.15 bits per heavy atom. The number of hydrogen-bond donors (Lipinski definition) is 0. The van der Waals surface area contributed by atoms with Crippen LogP contribution in [0.15, 0.2) is 22.3 Å². The molecule has 0 saturated carbocycles. The van der Waals surface area contributed by atoms with Gasteiger partial charge in [-0.2, -0.15) is 0 Å². The highest BCUT2D eigenvalue weighted by atomic mass is 35.5. The van der Waals surface area contributed by atoms with E-state index in [0.29, 0.717) is 11.0 Å². The van der Waals surface area contributed by atoms with Crippen LogP contribution < -0.4 is 0 Å². The summed E-state index contributed by atoms with van der Waals surface area (Å²) in [5, 5.41) is 0.495. The number of hydrogen-bond acceptors (Lipinski definition) is 1. The van der Waals surface area contributed by atoms with Crippen molar-refractivity contribution >= 4 is 22.6 Å². The van der Waals surface area contributed by atoms with Crippen LogP contribution in [0.5, 0.6) is 0 Å². The average molecular weight is 201 g/mol. The van der Waals surface area contributed by atoms with Crippen molar-refractivity contribution in [2.45, 2.75) is 34.6 Å². The summed E-state index contributed by atoms with van der Waals surface area (Å²) in [6, 6.07) is 0. The number of halogens is 1. The Labute approximate surface area is 85.4 Å². The minimum absolute atomic E-state index is 0.102. The Balaban J connectivity index is 5.00. The Hall–Kier alpha value is -0.630. The molecule has 0 amide bonds. The van der Waals surface area contributed by atoms with E-state index < -0.39 is 0 Å². The molecule has 0 aliphatic rings.